The van der Waals surface area contributed by atoms with Crippen molar-refractivity contribution in [3.05, 3.63) is 30.6 Å². The number of pyridine rings is 1. The molecule has 0 fully saturated rings. The third kappa shape index (κ3) is 2.80. The highest BCUT2D eigenvalue weighted by atomic mass is 35.5. The second-order valence-corrected chi connectivity index (χ2v) is 1.90. The SMILES string of the molecule is NCC[n+]1ccccc1.[Cl-]. The smallest absolute Gasteiger partial charge is 0.168 e. The maximum absolute atomic E-state index is 5.34. The van der Waals surface area contributed by atoms with E-state index in [1.807, 2.05) is 30.6 Å². The molecule has 0 unspecified atom stereocenters. The molecule has 0 spiro atoms. The van der Waals surface area contributed by atoms with Crippen molar-refractivity contribution < 1.29 is 17.0 Å². The number of hydrogen-bond acceptors (Lipinski definition) is 1. The molecular formula is C7H11ClN2. The molecule has 0 aromatic carbocycles. The van der Waals surface area contributed by atoms with E-state index in [4.69, 9.17) is 5.73 Å². The zero-order valence-corrected chi connectivity index (χ0v) is 6.46. The van der Waals surface area contributed by atoms with Gasteiger partial charge in [-0.25, -0.2) is 4.57 Å². The Hall–Kier alpha value is -0.600. The fourth-order valence-corrected chi connectivity index (χ4v) is 0.732. The van der Waals surface area contributed by atoms with Crippen LogP contribution in [-0.2, 0) is 6.54 Å². The standard InChI is InChI=1S/C7H11N2.ClH/c8-4-7-9-5-2-1-3-6-9;/h1-3,5-6H,4,7-8H2;1H/q+1;/p-1. The molecule has 0 saturated heterocycles. The summed E-state index contributed by atoms with van der Waals surface area (Å²) in [6.45, 7) is 1.61. The lowest BCUT2D eigenvalue weighted by molar-refractivity contribution is -0.694. The molecular weight excluding hydrogens is 148 g/mol. The number of nitrogens with two attached hydrogens (primary N) is 1. The Kier molecular flexibility index (Phi) is 4.89. The van der Waals surface area contributed by atoms with Gasteiger partial charge in [0.05, 0.1) is 6.54 Å². The second kappa shape index (κ2) is 5.21. The van der Waals surface area contributed by atoms with E-state index in [-0.39, 0.29) is 12.4 Å². The summed E-state index contributed by atoms with van der Waals surface area (Å²) in [5.74, 6) is 0. The summed E-state index contributed by atoms with van der Waals surface area (Å²) in [5.41, 5.74) is 5.34. The van der Waals surface area contributed by atoms with Crippen LogP contribution in [0, 0.1) is 0 Å². The van der Waals surface area contributed by atoms with Gasteiger partial charge in [-0.1, -0.05) is 6.07 Å². The minimum Gasteiger partial charge on any atom is -1.00 e. The van der Waals surface area contributed by atoms with Gasteiger partial charge in [-0.3, -0.25) is 0 Å². The van der Waals surface area contributed by atoms with E-state index in [1.165, 1.54) is 0 Å². The topological polar surface area (TPSA) is 29.9 Å². The van der Waals surface area contributed by atoms with E-state index in [2.05, 4.69) is 4.57 Å². The van der Waals surface area contributed by atoms with Crippen LogP contribution in [0.15, 0.2) is 30.6 Å². The Labute approximate surface area is 67.1 Å². The Morgan fingerprint density at radius 3 is 2.20 bits per heavy atom. The monoisotopic (exact) mass is 158 g/mol. The van der Waals surface area contributed by atoms with Crippen LogP contribution in [0.25, 0.3) is 0 Å². The van der Waals surface area contributed by atoms with Crippen molar-refractivity contribution in [1.82, 2.24) is 0 Å². The number of halogens is 1. The molecule has 1 rings (SSSR count). The Morgan fingerprint density at radius 1 is 1.10 bits per heavy atom. The summed E-state index contributed by atoms with van der Waals surface area (Å²) in [7, 11) is 0. The van der Waals surface area contributed by atoms with Gasteiger partial charge < -0.3 is 18.1 Å². The van der Waals surface area contributed by atoms with Crippen LogP contribution in [0.4, 0.5) is 0 Å². The third-order valence-corrected chi connectivity index (χ3v) is 1.16. The first-order chi connectivity index (χ1) is 4.43. The van der Waals surface area contributed by atoms with Crippen LogP contribution in [0.3, 0.4) is 0 Å². The van der Waals surface area contributed by atoms with E-state index in [1.54, 1.807) is 0 Å². The molecule has 1 aromatic heterocycles. The fraction of sp³-hybridized carbons (Fsp3) is 0.286. The summed E-state index contributed by atoms with van der Waals surface area (Å²) in [5, 5.41) is 0. The molecule has 10 heavy (non-hydrogen) atoms. The summed E-state index contributed by atoms with van der Waals surface area (Å²) >= 11 is 0. The summed E-state index contributed by atoms with van der Waals surface area (Å²) in [6, 6.07) is 5.98. The van der Waals surface area contributed by atoms with Crippen molar-refractivity contribution in [3.63, 3.8) is 0 Å². The van der Waals surface area contributed by atoms with Crippen molar-refractivity contribution in [3.8, 4) is 0 Å². The first-order valence-corrected chi connectivity index (χ1v) is 3.07. The molecule has 56 valence electrons. The first-order valence-electron chi connectivity index (χ1n) is 3.07. The van der Waals surface area contributed by atoms with Crippen molar-refractivity contribution in [2.24, 2.45) is 5.73 Å². The molecule has 1 heterocycles. The van der Waals surface area contributed by atoms with Crippen LogP contribution < -0.4 is 22.7 Å². The van der Waals surface area contributed by atoms with Gasteiger partial charge in [-0.15, -0.1) is 0 Å². The Bertz CT molecular complexity index is 165. The van der Waals surface area contributed by atoms with Gasteiger partial charge in [-0.05, 0) is 0 Å². The van der Waals surface area contributed by atoms with E-state index in [0.29, 0.717) is 6.54 Å². The van der Waals surface area contributed by atoms with E-state index < -0.39 is 0 Å². The highest BCUT2D eigenvalue weighted by molar-refractivity contribution is 4.83. The molecule has 0 aliphatic rings. The van der Waals surface area contributed by atoms with Gasteiger partial charge in [0.1, 0.15) is 0 Å². The quantitative estimate of drug-likeness (QED) is 0.455. The minimum absolute atomic E-state index is 0. The van der Waals surface area contributed by atoms with Gasteiger partial charge in [0.2, 0.25) is 0 Å². The molecule has 2 nitrogen and oxygen atoms in total. The zero-order chi connectivity index (χ0) is 6.53. The molecule has 0 aliphatic carbocycles. The van der Waals surface area contributed by atoms with Gasteiger partial charge in [0.15, 0.2) is 18.9 Å². The maximum atomic E-state index is 5.34. The molecule has 0 radical (unpaired) electrons. The second-order valence-electron chi connectivity index (χ2n) is 1.90. The molecule has 3 heteroatoms. The van der Waals surface area contributed by atoms with Crippen LogP contribution in [0.1, 0.15) is 0 Å². The Balaban J connectivity index is 0.000000810. The average molecular weight is 159 g/mol. The lowest BCUT2D eigenvalue weighted by Gasteiger charge is -1.89. The minimum atomic E-state index is 0. The van der Waals surface area contributed by atoms with Gasteiger partial charge >= 0.3 is 0 Å². The van der Waals surface area contributed by atoms with E-state index in [0.717, 1.165) is 6.54 Å². The lowest BCUT2D eigenvalue weighted by Crippen LogP contribution is -3.00. The number of hydrogen-bond donors (Lipinski definition) is 1. The molecule has 0 aliphatic heterocycles. The zero-order valence-electron chi connectivity index (χ0n) is 5.70. The molecule has 1 aromatic rings. The van der Waals surface area contributed by atoms with Crippen LogP contribution in [-0.4, -0.2) is 6.54 Å². The van der Waals surface area contributed by atoms with E-state index in [9.17, 15) is 0 Å². The Morgan fingerprint density at radius 2 is 1.70 bits per heavy atom. The van der Waals surface area contributed by atoms with Crippen LogP contribution in [0.2, 0.25) is 0 Å². The fourth-order valence-electron chi connectivity index (χ4n) is 0.732. The first kappa shape index (κ1) is 9.40. The average Bonchev–Trinajstić information content (AvgIpc) is 1.91. The largest absolute Gasteiger partial charge is 1.00 e. The number of nitrogens with zero attached hydrogens (tertiary/aromatic N) is 1. The van der Waals surface area contributed by atoms with Crippen molar-refractivity contribution in [2.75, 3.05) is 6.54 Å². The third-order valence-electron chi connectivity index (χ3n) is 1.16. The van der Waals surface area contributed by atoms with Crippen LogP contribution in [0.5, 0.6) is 0 Å². The molecule has 0 amide bonds. The van der Waals surface area contributed by atoms with Gasteiger partial charge in [0, 0.05) is 12.1 Å². The molecule has 2 N–H and O–H groups in total. The normalized spacial score (nSPS) is 8.50. The van der Waals surface area contributed by atoms with E-state index >= 15 is 0 Å². The van der Waals surface area contributed by atoms with Gasteiger partial charge in [-0.2, -0.15) is 0 Å². The maximum Gasteiger partial charge on any atom is 0.168 e. The summed E-state index contributed by atoms with van der Waals surface area (Å²) in [6.07, 6.45) is 4.01. The highest BCUT2D eigenvalue weighted by Gasteiger charge is 1.90. The van der Waals surface area contributed by atoms with Crippen molar-refractivity contribution in [1.29, 1.82) is 0 Å². The summed E-state index contributed by atoms with van der Waals surface area (Å²) in [4.78, 5) is 0. The predicted octanol–water partition coefficient (Wildman–Crippen LogP) is -3.06. The molecule has 0 saturated carbocycles. The highest BCUT2D eigenvalue weighted by Crippen LogP contribution is 1.74. The lowest BCUT2D eigenvalue weighted by atomic mass is 10.5. The number of rotatable bonds is 2. The summed E-state index contributed by atoms with van der Waals surface area (Å²) < 4.78 is 2.06. The van der Waals surface area contributed by atoms with Crippen molar-refractivity contribution in [2.45, 2.75) is 6.54 Å². The molecule has 0 atom stereocenters. The van der Waals surface area contributed by atoms with Crippen molar-refractivity contribution >= 4 is 0 Å². The van der Waals surface area contributed by atoms with Gasteiger partial charge in [0.25, 0.3) is 0 Å². The predicted molar refractivity (Wildman–Crippen MR) is 35.7 cm³/mol. The van der Waals surface area contributed by atoms with Crippen LogP contribution >= 0.6 is 0 Å². The molecule has 0 bridgehead atoms. The number of aromatic nitrogens is 1.